The Balaban J connectivity index is 3.44. The quantitative estimate of drug-likeness (QED) is 0.676. The van der Waals surface area contributed by atoms with Crippen LogP contribution in [0.5, 0.6) is 5.75 Å². The first-order valence-corrected chi connectivity index (χ1v) is 7.71. The van der Waals surface area contributed by atoms with Gasteiger partial charge in [0.15, 0.2) is 0 Å². The molecule has 0 aliphatic heterocycles. The van der Waals surface area contributed by atoms with Gasteiger partial charge in [0.1, 0.15) is 17.4 Å². The van der Waals surface area contributed by atoms with Crippen LogP contribution < -0.4 is 0 Å². The zero-order chi connectivity index (χ0) is 14.6. The second kappa shape index (κ2) is 5.71. The van der Waals surface area contributed by atoms with Crippen LogP contribution in [-0.4, -0.2) is 47.2 Å². The molecule has 0 heterocycles. The highest BCUT2D eigenvalue weighted by atomic mass is 32.2. The topological polar surface area (TPSA) is 89.1 Å². The van der Waals surface area contributed by atoms with Gasteiger partial charge in [-0.25, -0.2) is 9.20 Å². The fraction of sp³-hybridized carbons (Fsp3) is 0.333. The molecule has 0 radical (unpaired) electrons. The smallest absolute Gasteiger partial charge is 0.137 e. The highest BCUT2D eigenvalue weighted by Gasteiger charge is 2.09. The molecule has 1 aromatic rings. The Morgan fingerprint density at radius 3 is 2.53 bits per heavy atom. The summed E-state index contributed by atoms with van der Waals surface area (Å²) in [5, 5.41) is 18.8. The number of aliphatic imine (C=N–C) groups is 1. The molecule has 0 amide bonds. The van der Waals surface area contributed by atoms with E-state index in [2.05, 4.69) is 9.36 Å². The van der Waals surface area contributed by atoms with Crippen molar-refractivity contribution in [3.05, 3.63) is 17.7 Å². The molecule has 0 spiro atoms. The second-order valence-corrected chi connectivity index (χ2v) is 7.00. The first kappa shape index (κ1) is 15.0. The highest BCUT2D eigenvalue weighted by molar-refractivity contribution is 7.92. The lowest BCUT2D eigenvalue weighted by molar-refractivity contribution is 0.474. The minimum atomic E-state index is -2.34. The van der Waals surface area contributed by atoms with Gasteiger partial charge in [0.25, 0.3) is 0 Å². The Labute approximate surface area is 113 Å². The lowest BCUT2D eigenvalue weighted by atomic mass is 10.1. The van der Waals surface area contributed by atoms with Gasteiger partial charge in [-0.15, -0.1) is 0 Å². The molecular weight excluding hydrogens is 264 g/mol. The van der Waals surface area contributed by atoms with Gasteiger partial charge in [0, 0.05) is 42.4 Å². The van der Waals surface area contributed by atoms with Crippen LogP contribution in [0.3, 0.4) is 0 Å². The normalized spacial score (nSPS) is 11.3. The molecule has 7 heteroatoms. The lowest BCUT2D eigenvalue weighted by Crippen LogP contribution is -2.07. The Hall–Kier alpha value is -2.07. The zero-order valence-electron chi connectivity index (χ0n) is 11.3. The molecule has 1 rings (SSSR count). The van der Waals surface area contributed by atoms with Gasteiger partial charge < -0.3 is 10.0 Å². The Kier molecular flexibility index (Phi) is 4.51. The van der Waals surface area contributed by atoms with Crippen LogP contribution in [-0.2, 0) is 9.73 Å². The molecular formula is C12H16N4O2S. The number of aromatic hydroxyl groups is 1. The number of nitriles is 1. The summed E-state index contributed by atoms with van der Waals surface area (Å²) in [5.74, 6) is -0.224. The van der Waals surface area contributed by atoms with E-state index >= 15 is 0 Å². The molecule has 0 aromatic heterocycles. The number of phenolic OH excluding ortho intramolecular Hbond substituents is 1. The predicted molar refractivity (Wildman–Crippen MR) is 76.7 cm³/mol. The molecule has 0 unspecified atom stereocenters. The van der Waals surface area contributed by atoms with E-state index in [4.69, 9.17) is 5.26 Å². The fourth-order valence-electron chi connectivity index (χ4n) is 1.30. The van der Waals surface area contributed by atoms with E-state index in [1.54, 1.807) is 19.0 Å². The van der Waals surface area contributed by atoms with E-state index in [0.29, 0.717) is 11.4 Å². The summed E-state index contributed by atoms with van der Waals surface area (Å²) >= 11 is 0. The van der Waals surface area contributed by atoms with Gasteiger partial charge >= 0.3 is 0 Å². The summed E-state index contributed by atoms with van der Waals surface area (Å²) in [6, 6.07) is 4.71. The van der Waals surface area contributed by atoms with Crippen molar-refractivity contribution in [2.75, 3.05) is 26.6 Å². The SMILES string of the molecule is CN(C)/C=N/c1cc(N=S(C)(C)=O)cc(O)c1C#N. The summed E-state index contributed by atoms with van der Waals surface area (Å²) < 4.78 is 15.6. The molecule has 1 N–H and O–H groups in total. The number of rotatable bonds is 3. The van der Waals surface area contributed by atoms with Crippen LogP contribution in [0.4, 0.5) is 11.4 Å². The highest BCUT2D eigenvalue weighted by Crippen LogP contribution is 2.33. The third kappa shape index (κ3) is 4.60. The Morgan fingerprint density at radius 1 is 1.42 bits per heavy atom. The number of nitrogens with zero attached hydrogens (tertiary/aromatic N) is 4. The van der Waals surface area contributed by atoms with Crippen LogP contribution in [0.2, 0.25) is 0 Å². The maximum Gasteiger partial charge on any atom is 0.137 e. The van der Waals surface area contributed by atoms with Crippen LogP contribution >= 0.6 is 0 Å². The van der Waals surface area contributed by atoms with Gasteiger partial charge in [0.2, 0.25) is 0 Å². The van der Waals surface area contributed by atoms with Crippen molar-refractivity contribution in [1.82, 2.24) is 4.90 Å². The van der Waals surface area contributed by atoms with E-state index in [1.165, 1.54) is 31.0 Å². The molecule has 0 aliphatic rings. The van der Waals surface area contributed by atoms with Gasteiger partial charge in [-0.3, -0.25) is 0 Å². The summed E-state index contributed by atoms with van der Waals surface area (Å²) in [7, 11) is 1.23. The number of hydrogen-bond donors (Lipinski definition) is 1. The monoisotopic (exact) mass is 280 g/mol. The molecule has 6 nitrogen and oxygen atoms in total. The minimum Gasteiger partial charge on any atom is -0.506 e. The largest absolute Gasteiger partial charge is 0.506 e. The average Bonchev–Trinajstić information content (AvgIpc) is 2.23. The van der Waals surface area contributed by atoms with Crippen LogP contribution in [0.25, 0.3) is 0 Å². The van der Waals surface area contributed by atoms with Crippen molar-refractivity contribution in [3.63, 3.8) is 0 Å². The minimum absolute atomic E-state index is 0.0655. The van der Waals surface area contributed by atoms with Crippen molar-refractivity contribution in [1.29, 1.82) is 5.26 Å². The van der Waals surface area contributed by atoms with Crippen molar-refractivity contribution >= 4 is 27.4 Å². The maximum absolute atomic E-state index is 11.6. The van der Waals surface area contributed by atoms with Crippen molar-refractivity contribution in [2.45, 2.75) is 0 Å². The number of hydrogen-bond acceptors (Lipinski definition) is 5. The fourth-order valence-corrected chi connectivity index (χ4v) is 1.91. The summed E-state index contributed by atoms with van der Waals surface area (Å²) in [4.78, 5) is 5.79. The molecule has 0 bridgehead atoms. The molecule has 0 saturated carbocycles. The molecule has 102 valence electrons. The standard InChI is InChI=1S/C12H16N4O2S/c1-16(2)8-14-11-5-9(15-19(3,4)18)6-12(17)10(11)7-13/h5-6,8,17H,1-4H3/b14-8+. The van der Waals surface area contributed by atoms with Gasteiger partial charge in [-0.1, -0.05) is 0 Å². The summed E-state index contributed by atoms with van der Waals surface area (Å²) in [6.07, 6.45) is 4.49. The third-order valence-corrected chi connectivity index (χ3v) is 2.60. The number of phenols is 1. The zero-order valence-corrected chi connectivity index (χ0v) is 12.1. The van der Waals surface area contributed by atoms with E-state index < -0.39 is 9.73 Å². The van der Waals surface area contributed by atoms with Gasteiger partial charge in [0.05, 0.1) is 17.7 Å². The van der Waals surface area contributed by atoms with Crippen LogP contribution in [0.15, 0.2) is 21.5 Å². The Morgan fingerprint density at radius 2 is 2.05 bits per heavy atom. The van der Waals surface area contributed by atoms with Crippen LogP contribution in [0.1, 0.15) is 5.56 Å². The molecule has 0 atom stereocenters. The first-order valence-electron chi connectivity index (χ1n) is 5.38. The first-order chi connectivity index (χ1) is 8.73. The van der Waals surface area contributed by atoms with E-state index in [-0.39, 0.29) is 11.3 Å². The van der Waals surface area contributed by atoms with E-state index in [1.807, 2.05) is 6.07 Å². The lowest BCUT2D eigenvalue weighted by Gasteiger charge is -2.06. The van der Waals surface area contributed by atoms with Crippen molar-refractivity contribution in [2.24, 2.45) is 9.36 Å². The van der Waals surface area contributed by atoms with Crippen molar-refractivity contribution < 1.29 is 9.32 Å². The van der Waals surface area contributed by atoms with Gasteiger partial charge in [-0.2, -0.15) is 9.62 Å². The van der Waals surface area contributed by atoms with Crippen molar-refractivity contribution in [3.8, 4) is 11.8 Å². The number of benzene rings is 1. The molecule has 0 aliphatic carbocycles. The third-order valence-electron chi connectivity index (χ3n) is 1.95. The summed E-state index contributed by atoms with van der Waals surface area (Å²) in [6.45, 7) is 0. The molecule has 0 saturated heterocycles. The van der Waals surface area contributed by atoms with E-state index in [0.717, 1.165) is 0 Å². The summed E-state index contributed by atoms with van der Waals surface area (Å²) in [5.41, 5.74) is 0.687. The molecule has 0 fully saturated rings. The van der Waals surface area contributed by atoms with E-state index in [9.17, 15) is 9.32 Å². The van der Waals surface area contributed by atoms with Crippen LogP contribution in [0, 0.1) is 11.3 Å². The molecule has 1 aromatic carbocycles. The predicted octanol–water partition coefficient (Wildman–Crippen LogP) is 1.84. The van der Waals surface area contributed by atoms with Gasteiger partial charge in [-0.05, 0) is 6.07 Å². The second-order valence-electron chi connectivity index (χ2n) is 4.45. The maximum atomic E-state index is 11.6. The Bertz CT molecular complexity index is 657. The average molecular weight is 280 g/mol. The molecule has 19 heavy (non-hydrogen) atoms.